The summed E-state index contributed by atoms with van der Waals surface area (Å²) in [6.45, 7) is 4.90. The average Bonchev–Trinajstić information content (AvgIpc) is 2.51. The van der Waals surface area contributed by atoms with Crippen LogP contribution in [0.25, 0.3) is 0 Å². The quantitative estimate of drug-likeness (QED) is 0.648. The zero-order chi connectivity index (χ0) is 17.9. The van der Waals surface area contributed by atoms with Crippen molar-refractivity contribution in [3.8, 4) is 0 Å². The van der Waals surface area contributed by atoms with E-state index in [0.29, 0.717) is 5.56 Å². The third-order valence-corrected chi connectivity index (χ3v) is 3.70. The molecule has 1 heterocycles. The zero-order valence-corrected chi connectivity index (χ0v) is 13.7. The minimum Gasteiger partial charge on any atom is -0.456 e. The summed E-state index contributed by atoms with van der Waals surface area (Å²) in [5.41, 5.74) is 2.12. The number of hydrogen-bond acceptors (Lipinski definition) is 5. The third-order valence-electron chi connectivity index (χ3n) is 3.70. The first-order valence-corrected chi connectivity index (χ1v) is 7.34. The van der Waals surface area contributed by atoms with E-state index < -0.39 is 23.8 Å². The fourth-order valence-corrected chi connectivity index (χ4v) is 2.24. The second-order valence-electron chi connectivity index (χ2n) is 5.57. The molecule has 0 saturated carbocycles. The number of hydrogen-bond donors (Lipinski definition) is 1. The van der Waals surface area contributed by atoms with E-state index in [0.717, 1.165) is 27.3 Å². The topological polar surface area (TPSA) is 98.2 Å². The number of carbonyl (C=O) groups excluding carboxylic acids is 2. The Kier molecular flexibility index (Phi) is 5.13. The Bertz CT molecular complexity index is 908. The van der Waals surface area contributed by atoms with Crippen molar-refractivity contribution in [1.82, 2.24) is 9.55 Å². The average molecular weight is 330 g/mol. The summed E-state index contributed by atoms with van der Waals surface area (Å²) < 4.78 is 5.93. The van der Waals surface area contributed by atoms with Crippen LogP contribution in [0, 0.1) is 20.8 Å². The first-order chi connectivity index (χ1) is 11.3. The molecule has 0 bridgehead atoms. The number of Topliss-reactive ketones (excluding diaryl/α,β-unsaturated/α-hetero) is 1. The molecule has 0 aliphatic rings. The lowest BCUT2D eigenvalue weighted by molar-refractivity contribution is -0.143. The number of esters is 1. The molecule has 1 aromatic heterocycles. The third kappa shape index (κ3) is 4.07. The summed E-state index contributed by atoms with van der Waals surface area (Å²) in [5, 5.41) is 0. The molecule has 0 radical (unpaired) electrons. The Hall–Kier alpha value is -2.96. The number of aryl methyl sites for hydroxylation is 3. The van der Waals surface area contributed by atoms with Gasteiger partial charge in [0.2, 0.25) is 5.78 Å². The number of ketones is 1. The fraction of sp³-hybridized carbons (Fsp3) is 0.294. The molecule has 0 fully saturated rings. The van der Waals surface area contributed by atoms with E-state index in [1.807, 2.05) is 31.8 Å². The largest absolute Gasteiger partial charge is 0.456 e. The Morgan fingerprint density at radius 2 is 1.75 bits per heavy atom. The van der Waals surface area contributed by atoms with Gasteiger partial charge in [0.05, 0.1) is 0 Å². The summed E-state index contributed by atoms with van der Waals surface area (Å²) in [7, 11) is 0. The Morgan fingerprint density at radius 1 is 1.08 bits per heavy atom. The monoisotopic (exact) mass is 330 g/mol. The van der Waals surface area contributed by atoms with Crippen LogP contribution in [-0.4, -0.2) is 27.9 Å². The molecule has 0 unspecified atom stereocenters. The Labute approximate surface area is 137 Å². The van der Waals surface area contributed by atoms with Crippen molar-refractivity contribution in [3.63, 3.8) is 0 Å². The first kappa shape index (κ1) is 17.4. The Balaban J connectivity index is 2.01. The number of nitrogens with zero attached hydrogens (tertiary/aromatic N) is 1. The van der Waals surface area contributed by atoms with Crippen LogP contribution in [0.5, 0.6) is 0 Å². The highest BCUT2D eigenvalue weighted by atomic mass is 16.5. The van der Waals surface area contributed by atoms with Gasteiger partial charge >= 0.3 is 11.7 Å². The maximum atomic E-state index is 12.2. The predicted molar refractivity (Wildman–Crippen MR) is 87.3 cm³/mol. The summed E-state index contributed by atoms with van der Waals surface area (Å²) >= 11 is 0. The summed E-state index contributed by atoms with van der Waals surface area (Å²) in [4.78, 5) is 48.4. The number of H-pyrrole nitrogens is 1. The van der Waals surface area contributed by atoms with Crippen LogP contribution in [0.1, 0.15) is 27.0 Å². The van der Waals surface area contributed by atoms with Crippen LogP contribution in [0.2, 0.25) is 0 Å². The molecule has 24 heavy (non-hydrogen) atoms. The van der Waals surface area contributed by atoms with E-state index in [-0.39, 0.29) is 12.3 Å². The van der Waals surface area contributed by atoms with Crippen molar-refractivity contribution in [3.05, 3.63) is 67.5 Å². The molecule has 0 spiro atoms. The molecule has 7 heteroatoms. The highest BCUT2D eigenvalue weighted by Crippen LogP contribution is 2.16. The number of benzene rings is 1. The van der Waals surface area contributed by atoms with Crippen LogP contribution in [-0.2, 0) is 16.1 Å². The number of aromatic nitrogens is 2. The van der Waals surface area contributed by atoms with E-state index in [1.54, 1.807) is 6.07 Å². The van der Waals surface area contributed by atoms with Gasteiger partial charge in [-0.1, -0.05) is 6.07 Å². The molecular formula is C17H18N2O5. The smallest absolute Gasteiger partial charge is 0.328 e. The van der Waals surface area contributed by atoms with Crippen molar-refractivity contribution >= 4 is 11.8 Å². The van der Waals surface area contributed by atoms with Crippen LogP contribution in [0.3, 0.4) is 0 Å². The lowest BCUT2D eigenvalue weighted by atomic mass is 9.98. The zero-order valence-electron chi connectivity index (χ0n) is 13.7. The molecule has 0 atom stereocenters. The first-order valence-electron chi connectivity index (χ1n) is 7.34. The van der Waals surface area contributed by atoms with Crippen molar-refractivity contribution in [2.45, 2.75) is 27.3 Å². The number of aromatic amines is 1. The number of nitrogens with one attached hydrogen (secondary N) is 1. The molecule has 0 saturated heterocycles. The molecule has 1 N–H and O–H groups in total. The summed E-state index contributed by atoms with van der Waals surface area (Å²) in [5.74, 6) is -1.04. The minimum atomic E-state index is -0.737. The lowest BCUT2D eigenvalue weighted by Crippen LogP contribution is -2.31. The van der Waals surface area contributed by atoms with Crippen molar-refractivity contribution < 1.29 is 14.3 Å². The van der Waals surface area contributed by atoms with Gasteiger partial charge in [-0.15, -0.1) is 0 Å². The van der Waals surface area contributed by atoms with Crippen LogP contribution in [0.4, 0.5) is 0 Å². The van der Waals surface area contributed by atoms with E-state index in [2.05, 4.69) is 0 Å². The highest BCUT2D eigenvalue weighted by Gasteiger charge is 2.14. The van der Waals surface area contributed by atoms with Crippen molar-refractivity contribution in [2.75, 3.05) is 6.61 Å². The van der Waals surface area contributed by atoms with Gasteiger partial charge in [-0.2, -0.15) is 0 Å². The molecule has 1 aromatic carbocycles. The van der Waals surface area contributed by atoms with Crippen LogP contribution < -0.4 is 11.2 Å². The maximum absolute atomic E-state index is 12.2. The molecule has 7 nitrogen and oxygen atoms in total. The van der Waals surface area contributed by atoms with Gasteiger partial charge in [-0.25, -0.2) is 4.79 Å². The molecule has 2 rings (SSSR count). The Morgan fingerprint density at radius 3 is 2.42 bits per heavy atom. The standard InChI is InChI=1S/C17H18N2O5/c1-10-6-12(3)13(7-11(10)2)14(20)9-24-16(22)8-19-5-4-15(21)18-17(19)23/h4-7H,8-9H2,1-3H3,(H,18,21,23). The maximum Gasteiger partial charge on any atom is 0.328 e. The summed E-state index contributed by atoms with van der Waals surface area (Å²) in [6, 6.07) is 4.80. The lowest BCUT2D eigenvalue weighted by Gasteiger charge is -2.10. The van der Waals surface area contributed by atoms with Gasteiger partial charge < -0.3 is 4.74 Å². The molecule has 2 aromatic rings. The SMILES string of the molecule is Cc1cc(C)c(C(=O)COC(=O)Cn2ccc(=O)[nH]c2=O)cc1C. The van der Waals surface area contributed by atoms with E-state index >= 15 is 0 Å². The molecule has 0 aliphatic heterocycles. The highest BCUT2D eigenvalue weighted by molar-refractivity contribution is 5.99. The van der Waals surface area contributed by atoms with E-state index in [9.17, 15) is 19.2 Å². The molecular weight excluding hydrogens is 312 g/mol. The normalized spacial score (nSPS) is 10.5. The fourth-order valence-electron chi connectivity index (χ4n) is 2.24. The van der Waals surface area contributed by atoms with Crippen LogP contribution in [0.15, 0.2) is 34.0 Å². The van der Waals surface area contributed by atoms with Crippen molar-refractivity contribution in [2.24, 2.45) is 0 Å². The molecule has 0 amide bonds. The molecule has 0 aliphatic carbocycles. The number of rotatable bonds is 5. The molecule has 126 valence electrons. The van der Waals surface area contributed by atoms with Gasteiger partial charge in [0, 0.05) is 17.8 Å². The predicted octanol–water partition coefficient (Wildman–Crippen LogP) is 0.888. The minimum absolute atomic E-state index is 0.308. The summed E-state index contributed by atoms with van der Waals surface area (Å²) in [6.07, 6.45) is 1.19. The van der Waals surface area contributed by atoms with Gasteiger partial charge in [0.1, 0.15) is 6.54 Å². The van der Waals surface area contributed by atoms with E-state index in [4.69, 9.17) is 4.74 Å². The van der Waals surface area contributed by atoms with Gasteiger partial charge in [0.15, 0.2) is 6.61 Å². The van der Waals surface area contributed by atoms with Gasteiger partial charge in [-0.3, -0.25) is 23.9 Å². The van der Waals surface area contributed by atoms with Crippen LogP contribution >= 0.6 is 0 Å². The number of carbonyl (C=O) groups is 2. The number of ether oxygens (including phenoxy) is 1. The van der Waals surface area contributed by atoms with Gasteiger partial charge in [0.25, 0.3) is 5.56 Å². The van der Waals surface area contributed by atoms with Gasteiger partial charge in [-0.05, 0) is 43.5 Å². The van der Waals surface area contributed by atoms with E-state index in [1.165, 1.54) is 6.20 Å². The second-order valence-corrected chi connectivity index (χ2v) is 5.57. The van der Waals surface area contributed by atoms with Crippen molar-refractivity contribution in [1.29, 1.82) is 0 Å². The second kappa shape index (κ2) is 7.08.